The van der Waals surface area contributed by atoms with E-state index in [1.165, 1.54) is 0 Å². The summed E-state index contributed by atoms with van der Waals surface area (Å²) in [4.78, 5) is 13.8. The monoisotopic (exact) mass is 201 g/mol. The van der Waals surface area contributed by atoms with Crippen molar-refractivity contribution < 1.29 is 9.90 Å². The summed E-state index contributed by atoms with van der Waals surface area (Å²) < 4.78 is 0. The molecule has 1 heterocycles. The van der Waals surface area contributed by atoms with E-state index >= 15 is 0 Å². The topological polar surface area (TPSA) is 53.1 Å². The molecule has 0 aliphatic carbocycles. The zero-order valence-corrected chi connectivity index (χ0v) is 8.32. The van der Waals surface area contributed by atoms with Crippen molar-refractivity contribution in [3.63, 3.8) is 0 Å². The average Bonchev–Trinajstić information content (AvgIpc) is 2.70. The van der Waals surface area contributed by atoms with Gasteiger partial charge in [0.1, 0.15) is 0 Å². The third-order valence-corrected chi connectivity index (χ3v) is 2.36. The van der Waals surface area contributed by atoms with Gasteiger partial charge in [-0.1, -0.05) is 6.07 Å². The standard InChI is InChI=1S/C12H11NO2/c1-8-7-9(12(14)15)4-5-10(8)11-3-2-6-13-11/h2-7,13H,1H3,(H,14,15). The molecule has 0 radical (unpaired) electrons. The number of carboxylic acid groups (broad SMARTS) is 1. The summed E-state index contributed by atoms with van der Waals surface area (Å²) >= 11 is 0. The number of aromatic amines is 1. The first-order valence-corrected chi connectivity index (χ1v) is 4.66. The summed E-state index contributed by atoms with van der Waals surface area (Å²) in [5.74, 6) is -0.892. The highest BCUT2D eigenvalue weighted by molar-refractivity contribution is 5.88. The SMILES string of the molecule is Cc1cc(C(=O)O)ccc1-c1ccc[nH]1. The minimum Gasteiger partial charge on any atom is -0.478 e. The van der Waals surface area contributed by atoms with Crippen LogP contribution in [0.2, 0.25) is 0 Å². The van der Waals surface area contributed by atoms with Crippen molar-refractivity contribution in [1.29, 1.82) is 0 Å². The Hall–Kier alpha value is -2.03. The van der Waals surface area contributed by atoms with Crippen molar-refractivity contribution in [2.24, 2.45) is 0 Å². The molecule has 3 heteroatoms. The number of H-pyrrole nitrogens is 1. The molecule has 2 rings (SSSR count). The Morgan fingerprint density at radius 2 is 2.13 bits per heavy atom. The zero-order chi connectivity index (χ0) is 10.8. The second-order valence-electron chi connectivity index (χ2n) is 3.42. The number of aryl methyl sites for hydroxylation is 1. The molecule has 76 valence electrons. The molecule has 0 amide bonds. The Morgan fingerprint density at radius 3 is 2.67 bits per heavy atom. The smallest absolute Gasteiger partial charge is 0.335 e. The number of aromatic carboxylic acids is 1. The van der Waals surface area contributed by atoms with E-state index in [1.807, 2.05) is 31.3 Å². The molecule has 0 aliphatic rings. The molecule has 1 aromatic heterocycles. The highest BCUT2D eigenvalue weighted by atomic mass is 16.4. The van der Waals surface area contributed by atoms with E-state index in [2.05, 4.69) is 4.98 Å². The Labute approximate surface area is 87.4 Å². The molecule has 0 fully saturated rings. The molecule has 15 heavy (non-hydrogen) atoms. The van der Waals surface area contributed by atoms with E-state index in [0.29, 0.717) is 5.56 Å². The van der Waals surface area contributed by atoms with Gasteiger partial charge in [-0.05, 0) is 36.8 Å². The number of rotatable bonds is 2. The minimum absolute atomic E-state index is 0.322. The second-order valence-corrected chi connectivity index (χ2v) is 3.42. The lowest BCUT2D eigenvalue weighted by Crippen LogP contribution is -1.97. The van der Waals surface area contributed by atoms with Crippen LogP contribution in [0.5, 0.6) is 0 Å². The Kier molecular flexibility index (Phi) is 2.29. The normalized spacial score (nSPS) is 10.2. The van der Waals surface area contributed by atoms with Crippen LogP contribution in [0.15, 0.2) is 36.5 Å². The van der Waals surface area contributed by atoms with Crippen LogP contribution in [0.3, 0.4) is 0 Å². The van der Waals surface area contributed by atoms with Crippen molar-refractivity contribution in [2.75, 3.05) is 0 Å². The fourth-order valence-corrected chi connectivity index (χ4v) is 1.60. The number of carbonyl (C=O) groups is 1. The third kappa shape index (κ3) is 1.76. The lowest BCUT2D eigenvalue weighted by molar-refractivity contribution is 0.0697. The summed E-state index contributed by atoms with van der Waals surface area (Å²) in [5.41, 5.74) is 3.31. The van der Waals surface area contributed by atoms with Crippen molar-refractivity contribution in [3.05, 3.63) is 47.7 Å². The van der Waals surface area contributed by atoms with Gasteiger partial charge in [0.25, 0.3) is 0 Å². The first-order valence-electron chi connectivity index (χ1n) is 4.66. The predicted octanol–water partition coefficient (Wildman–Crippen LogP) is 2.69. The van der Waals surface area contributed by atoms with E-state index in [9.17, 15) is 4.79 Å². The van der Waals surface area contributed by atoms with Crippen LogP contribution in [-0.4, -0.2) is 16.1 Å². The maximum atomic E-state index is 10.7. The lowest BCUT2D eigenvalue weighted by atomic mass is 10.0. The van der Waals surface area contributed by atoms with Crippen LogP contribution in [0.1, 0.15) is 15.9 Å². The highest BCUT2D eigenvalue weighted by Gasteiger charge is 2.07. The van der Waals surface area contributed by atoms with Crippen LogP contribution in [0.4, 0.5) is 0 Å². The molecule has 0 saturated carbocycles. The van der Waals surface area contributed by atoms with Gasteiger partial charge >= 0.3 is 5.97 Å². The first kappa shape index (κ1) is 9.52. The number of benzene rings is 1. The van der Waals surface area contributed by atoms with Crippen molar-refractivity contribution in [3.8, 4) is 11.3 Å². The van der Waals surface area contributed by atoms with Gasteiger partial charge in [-0.15, -0.1) is 0 Å². The molecular formula is C12H11NO2. The molecule has 0 saturated heterocycles. The highest BCUT2D eigenvalue weighted by Crippen LogP contribution is 2.22. The number of nitrogens with one attached hydrogen (secondary N) is 1. The molecule has 0 aliphatic heterocycles. The molecule has 0 spiro atoms. The maximum absolute atomic E-state index is 10.7. The van der Waals surface area contributed by atoms with Crippen LogP contribution in [0, 0.1) is 6.92 Å². The summed E-state index contributed by atoms with van der Waals surface area (Å²) in [6, 6.07) is 9.00. The van der Waals surface area contributed by atoms with Crippen LogP contribution in [-0.2, 0) is 0 Å². The Balaban J connectivity index is 2.48. The Bertz CT molecular complexity index is 486. The van der Waals surface area contributed by atoms with Crippen molar-refractivity contribution >= 4 is 5.97 Å². The van der Waals surface area contributed by atoms with Crippen LogP contribution >= 0.6 is 0 Å². The summed E-state index contributed by atoms with van der Waals surface area (Å²) in [6.45, 7) is 1.91. The minimum atomic E-state index is -0.892. The van der Waals surface area contributed by atoms with Gasteiger partial charge in [0.15, 0.2) is 0 Å². The molecule has 2 aromatic rings. The van der Waals surface area contributed by atoms with Gasteiger partial charge < -0.3 is 10.1 Å². The van der Waals surface area contributed by atoms with E-state index in [0.717, 1.165) is 16.8 Å². The molecular weight excluding hydrogens is 190 g/mol. The van der Waals surface area contributed by atoms with Gasteiger partial charge in [0, 0.05) is 17.5 Å². The lowest BCUT2D eigenvalue weighted by Gasteiger charge is -2.04. The molecule has 0 bridgehead atoms. The quantitative estimate of drug-likeness (QED) is 0.784. The maximum Gasteiger partial charge on any atom is 0.335 e. The number of hydrogen-bond donors (Lipinski definition) is 2. The number of carboxylic acids is 1. The van der Waals surface area contributed by atoms with Gasteiger partial charge in [0.2, 0.25) is 0 Å². The Morgan fingerprint density at radius 1 is 1.33 bits per heavy atom. The molecule has 0 unspecified atom stereocenters. The second kappa shape index (κ2) is 3.61. The van der Waals surface area contributed by atoms with Gasteiger partial charge in [0.05, 0.1) is 5.56 Å². The number of hydrogen-bond acceptors (Lipinski definition) is 1. The van der Waals surface area contributed by atoms with E-state index in [1.54, 1.807) is 12.1 Å². The molecule has 0 atom stereocenters. The predicted molar refractivity (Wildman–Crippen MR) is 57.9 cm³/mol. The van der Waals surface area contributed by atoms with E-state index in [-0.39, 0.29) is 0 Å². The van der Waals surface area contributed by atoms with Crippen LogP contribution in [0.25, 0.3) is 11.3 Å². The third-order valence-electron chi connectivity index (χ3n) is 2.36. The van der Waals surface area contributed by atoms with Gasteiger partial charge in [-0.25, -0.2) is 4.79 Å². The fraction of sp³-hybridized carbons (Fsp3) is 0.0833. The molecule has 1 aromatic carbocycles. The average molecular weight is 201 g/mol. The van der Waals surface area contributed by atoms with Gasteiger partial charge in [-0.2, -0.15) is 0 Å². The van der Waals surface area contributed by atoms with Crippen LogP contribution < -0.4 is 0 Å². The van der Waals surface area contributed by atoms with Gasteiger partial charge in [-0.3, -0.25) is 0 Å². The fourth-order valence-electron chi connectivity index (χ4n) is 1.60. The van der Waals surface area contributed by atoms with Crippen molar-refractivity contribution in [1.82, 2.24) is 4.98 Å². The molecule has 2 N–H and O–H groups in total. The van der Waals surface area contributed by atoms with Crippen molar-refractivity contribution in [2.45, 2.75) is 6.92 Å². The summed E-state index contributed by atoms with van der Waals surface area (Å²) in [5, 5.41) is 8.82. The van der Waals surface area contributed by atoms with E-state index in [4.69, 9.17) is 5.11 Å². The summed E-state index contributed by atoms with van der Waals surface area (Å²) in [7, 11) is 0. The van der Waals surface area contributed by atoms with E-state index < -0.39 is 5.97 Å². The number of aromatic nitrogens is 1. The largest absolute Gasteiger partial charge is 0.478 e. The zero-order valence-electron chi connectivity index (χ0n) is 8.32. The first-order chi connectivity index (χ1) is 7.18. The molecule has 3 nitrogen and oxygen atoms in total. The summed E-state index contributed by atoms with van der Waals surface area (Å²) in [6.07, 6.45) is 1.85.